The van der Waals surface area contributed by atoms with E-state index in [1.807, 2.05) is 24.3 Å². The lowest BCUT2D eigenvalue weighted by Crippen LogP contribution is -2.31. The summed E-state index contributed by atoms with van der Waals surface area (Å²) in [7, 11) is 1.61. The van der Waals surface area contributed by atoms with E-state index in [9.17, 15) is 13.6 Å². The molecule has 0 aromatic heterocycles. The van der Waals surface area contributed by atoms with Crippen molar-refractivity contribution in [1.29, 1.82) is 0 Å². The lowest BCUT2D eigenvalue weighted by Gasteiger charge is -2.09. The molecule has 2 N–H and O–H groups in total. The topological polar surface area (TPSA) is 59.6 Å². The minimum absolute atomic E-state index is 0.0736. The van der Waals surface area contributed by atoms with Crippen LogP contribution >= 0.6 is 0 Å². The van der Waals surface area contributed by atoms with Gasteiger partial charge in [0.05, 0.1) is 13.7 Å². The van der Waals surface area contributed by atoms with E-state index in [0.717, 1.165) is 17.7 Å². The lowest BCUT2D eigenvalue weighted by atomic mass is 10.1. The van der Waals surface area contributed by atoms with Gasteiger partial charge in [-0.25, -0.2) is 0 Å². The molecular formula is C18H20F2N2O3. The maximum Gasteiger partial charge on any atom is 0.387 e. The smallest absolute Gasteiger partial charge is 0.387 e. The summed E-state index contributed by atoms with van der Waals surface area (Å²) >= 11 is 0. The first kappa shape index (κ1) is 18.5. The maximum atomic E-state index is 12.1. The van der Waals surface area contributed by atoms with Crippen molar-refractivity contribution in [2.75, 3.05) is 25.5 Å². The molecule has 0 radical (unpaired) electrons. The maximum absolute atomic E-state index is 12.1. The minimum atomic E-state index is -2.85. The normalized spacial score (nSPS) is 10.4. The Morgan fingerprint density at radius 3 is 2.28 bits per heavy atom. The van der Waals surface area contributed by atoms with Crippen LogP contribution in [0.15, 0.2) is 48.5 Å². The van der Waals surface area contributed by atoms with Gasteiger partial charge in [0.25, 0.3) is 0 Å². The van der Waals surface area contributed by atoms with Gasteiger partial charge in [-0.2, -0.15) is 8.78 Å². The highest BCUT2D eigenvalue weighted by Gasteiger charge is 2.05. The number of nitrogens with one attached hydrogen (secondary N) is 2. The second-order valence-electron chi connectivity index (χ2n) is 5.20. The Morgan fingerprint density at radius 2 is 1.68 bits per heavy atom. The summed E-state index contributed by atoms with van der Waals surface area (Å²) in [5, 5.41) is 5.73. The second kappa shape index (κ2) is 9.46. The lowest BCUT2D eigenvalue weighted by molar-refractivity contribution is -0.119. The van der Waals surface area contributed by atoms with Crippen molar-refractivity contribution in [3.8, 4) is 11.5 Å². The first-order valence-electron chi connectivity index (χ1n) is 7.75. The molecule has 0 atom stereocenters. The van der Waals surface area contributed by atoms with Gasteiger partial charge in [0.2, 0.25) is 5.91 Å². The molecule has 0 saturated carbocycles. The van der Waals surface area contributed by atoms with Gasteiger partial charge in [-0.15, -0.1) is 0 Å². The van der Waals surface area contributed by atoms with Gasteiger partial charge in [0.1, 0.15) is 11.5 Å². The van der Waals surface area contributed by atoms with E-state index in [2.05, 4.69) is 15.4 Å². The predicted octanol–water partition coefficient (Wildman–Crippen LogP) is 3.07. The summed E-state index contributed by atoms with van der Waals surface area (Å²) in [5.74, 6) is 0.716. The monoisotopic (exact) mass is 350 g/mol. The molecular weight excluding hydrogens is 330 g/mol. The van der Waals surface area contributed by atoms with Crippen LogP contribution in [-0.4, -0.2) is 32.7 Å². The Bertz CT molecular complexity index is 661. The van der Waals surface area contributed by atoms with Crippen LogP contribution in [0.1, 0.15) is 5.56 Å². The van der Waals surface area contributed by atoms with Gasteiger partial charge in [-0.05, 0) is 48.4 Å². The molecule has 0 heterocycles. The zero-order chi connectivity index (χ0) is 18.1. The molecule has 2 rings (SSSR count). The number of halogens is 2. The number of hydrogen-bond donors (Lipinski definition) is 2. The molecule has 25 heavy (non-hydrogen) atoms. The molecule has 0 unspecified atom stereocenters. The Balaban J connectivity index is 1.67. The van der Waals surface area contributed by atoms with E-state index in [1.165, 1.54) is 12.1 Å². The van der Waals surface area contributed by atoms with E-state index < -0.39 is 6.61 Å². The number of ether oxygens (including phenoxy) is 2. The number of hydrogen-bond acceptors (Lipinski definition) is 4. The fourth-order valence-electron chi connectivity index (χ4n) is 2.14. The summed E-state index contributed by atoms with van der Waals surface area (Å²) < 4.78 is 33.5. The summed E-state index contributed by atoms with van der Waals surface area (Å²) in [6.07, 6.45) is 0.718. The number of alkyl halides is 2. The number of carbonyl (C=O) groups is 1. The summed E-state index contributed by atoms with van der Waals surface area (Å²) in [6.45, 7) is -2.23. The molecule has 0 aliphatic carbocycles. The van der Waals surface area contributed by atoms with Crippen LogP contribution in [0.3, 0.4) is 0 Å². The van der Waals surface area contributed by atoms with Crippen LogP contribution in [0.5, 0.6) is 11.5 Å². The van der Waals surface area contributed by atoms with Gasteiger partial charge in [0.15, 0.2) is 0 Å². The van der Waals surface area contributed by atoms with Gasteiger partial charge < -0.3 is 20.1 Å². The molecule has 2 aromatic rings. The third-order valence-corrected chi connectivity index (χ3v) is 3.43. The van der Waals surface area contributed by atoms with Gasteiger partial charge in [0, 0.05) is 12.2 Å². The van der Waals surface area contributed by atoms with Crippen molar-refractivity contribution in [2.45, 2.75) is 13.0 Å². The number of anilines is 1. The Morgan fingerprint density at radius 1 is 1.04 bits per heavy atom. The van der Waals surface area contributed by atoms with Gasteiger partial charge in [-0.1, -0.05) is 12.1 Å². The van der Waals surface area contributed by atoms with E-state index in [0.29, 0.717) is 12.2 Å². The van der Waals surface area contributed by atoms with Crippen LogP contribution in [-0.2, 0) is 11.2 Å². The van der Waals surface area contributed by atoms with Crippen LogP contribution < -0.4 is 20.1 Å². The molecule has 0 spiro atoms. The molecule has 1 amide bonds. The van der Waals surface area contributed by atoms with Crippen LogP contribution in [0.4, 0.5) is 14.5 Å². The summed E-state index contributed by atoms with van der Waals surface area (Å²) in [5.41, 5.74) is 1.75. The summed E-state index contributed by atoms with van der Waals surface area (Å²) in [4.78, 5) is 11.8. The zero-order valence-electron chi connectivity index (χ0n) is 13.8. The fraction of sp³-hybridized carbons (Fsp3) is 0.278. The van der Waals surface area contributed by atoms with Crippen LogP contribution in [0, 0.1) is 0 Å². The van der Waals surface area contributed by atoms with Crippen molar-refractivity contribution in [3.63, 3.8) is 0 Å². The molecule has 0 saturated heterocycles. The highest BCUT2D eigenvalue weighted by atomic mass is 19.3. The summed E-state index contributed by atoms with van der Waals surface area (Å²) in [6, 6.07) is 13.6. The molecule has 2 aromatic carbocycles. The zero-order valence-corrected chi connectivity index (χ0v) is 13.8. The Kier molecular flexibility index (Phi) is 7.00. The van der Waals surface area contributed by atoms with Crippen molar-refractivity contribution >= 4 is 11.6 Å². The SMILES string of the molecule is COc1ccc(CCNC(=O)CNc2ccc(OC(F)F)cc2)cc1. The number of benzene rings is 2. The second-order valence-corrected chi connectivity index (χ2v) is 5.20. The van der Waals surface area contributed by atoms with E-state index in [4.69, 9.17) is 4.74 Å². The highest BCUT2D eigenvalue weighted by molar-refractivity contribution is 5.80. The van der Waals surface area contributed by atoms with Gasteiger partial charge >= 0.3 is 6.61 Å². The van der Waals surface area contributed by atoms with Crippen molar-refractivity contribution in [1.82, 2.24) is 5.32 Å². The van der Waals surface area contributed by atoms with E-state index in [-0.39, 0.29) is 18.2 Å². The molecule has 0 aliphatic heterocycles. The largest absolute Gasteiger partial charge is 0.497 e. The Labute approximate surface area is 144 Å². The average molecular weight is 350 g/mol. The number of rotatable bonds is 9. The third kappa shape index (κ3) is 6.66. The quantitative estimate of drug-likeness (QED) is 0.730. The number of carbonyl (C=O) groups excluding carboxylic acids is 1. The van der Waals surface area contributed by atoms with Crippen molar-refractivity contribution in [2.24, 2.45) is 0 Å². The molecule has 7 heteroatoms. The Hall–Kier alpha value is -2.83. The predicted molar refractivity (Wildman–Crippen MR) is 91.3 cm³/mol. The van der Waals surface area contributed by atoms with E-state index in [1.54, 1.807) is 19.2 Å². The van der Waals surface area contributed by atoms with Crippen LogP contribution in [0.25, 0.3) is 0 Å². The van der Waals surface area contributed by atoms with Crippen LogP contribution in [0.2, 0.25) is 0 Å². The van der Waals surface area contributed by atoms with E-state index >= 15 is 0 Å². The molecule has 0 fully saturated rings. The first-order valence-corrected chi connectivity index (χ1v) is 7.75. The van der Waals surface area contributed by atoms with Crippen molar-refractivity contribution < 1.29 is 23.0 Å². The number of amides is 1. The minimum Gasteiger partial charge on any atom is -0.497 e. The highest BCUT2D eigenvalue weighted by Crippen LogP contribution is 2.17. The molecule has 134 valence electrons. The fourth-order valence-corrected chi connectivity index (χ4v) is 2.14. The molecule has 5 nitrogen and oxygen atoms in total. The first-order chi connectivity index (χ1) is 12.1. The standard InChI is InChI=1S/C18H20F2N2O3/c1-24-15-6-2-13(3-7-15)10-11-21-17(23)12-22-14-4-8-16(9-5-14)25-18(19)20/h2-9,18,22H,10-12H2,1H3,(H,21,23). The third-order valence-electron chi connectivity index (χ3n) is 3.43. The number of methoxy groups -OCH3 is 1. The molecule has 0 aliphatic rings. The molecule has 0 bridgehead atoms. The van der Waals surface area contributed by atoms with Gasteiger partial charge in [-0.3, -0.25) is 4.79 Å². The van der Waals surface area contributed by atoms with Crippen molar-refractivity contribution in [3.05, 3.63) is 54.1 Å². The average Bonchev–Trinajstić information content (AvgIpc) is 2.61.